The highest BCUT2D eigenvalue weighted by atomic mass is 16.3. The molecule has 0 radical (unpaired) electrons. The molecule has 2 bridgehead atoms. The molecule has 2 heteroatoms. The van der Waals surface area contributed by atoms with Crippen molar-refractivity contribution in [2.75, 3.05) is 0 Å². The monoisotopic (exact) mass is 304 g/mol. The van der Waals surface area contributed by atoms with Crippen LogP contribution in [0.1, 0.15) is 66.2 Å². The van der Waals surface area contributed by atoms with Crippen LogP contribution in [-0.2, 0) is 4.79 Å². The predicted octanol–water partition coefficient (Wildman–Crippen LogP) is 4.37. The van der Waals surface area contributed by atoms with E-state index in [1.807, 2.05) is 6.08 Å². The van der Waals surface area contributed by atoms with Crippen molar-refractivity contribution < 1.29 is 9.90 Å². The van der Waals surface area contributed by atoms with E-state index in [0.29, 0.717) is 11.7 Å². The molecule has 3 aliphatic carbocycles. The minimum Gasteiger partial charge on any atom is -0.392 e. The summed E-state index contributed by atoms with van der Waals surface area (Å²) in [6, 6.07) is 0. The molecule has 0 aliphatic heterocycles. The van der Waals surface area contributed by atoms with Crippen molar-refractivity contribution in [3.8, 4) is 0 Å². The van der Waals surface area contributed by atoms with Gasteiger partial charge in [-0.2, -0.15) is 0 Å². The molecule has 0 aromatic rings. The first-order valence-corrected chi connectivity index (χ1v) is 9.06. The molecule has 3 rings (SSSR count). The molecule has 2 unspecified atom stereocenters. The van der Waals surface area contributed by atoms with Crippen LogP contribution < -0.4 is 0 Å². The second kappa shape index (κ2) is 4.93. The molecule has 3 aliphatic rings. The van der Waals surface area contributed by atoms with Gasteiger partial charge < -0.3 is 5.11 Å². The van der Waals surface area contributed by atoms with Gasteiger partial charge >= 0.3 is 0 Å². The summed E-state index contributed by atoms with van der Waals surface area (Å²) >= 11 is 0. The molecule has 1 N–H and O–H groups in total. The standard InChI is InChI=1S/C20H32O2/c1-6-18(4)11-12-19(5)13(2)7-9-20(14(3)17(18)22)10-8-15(21)16(19)20/h6,13-14,16-17,22H,1,7-12H2,2-5H3/t13?,14-,16?,17-,18+,19+,20-/m0/s1. The van der Waals surface area contributed by atoms with E-state index in [-0.39, 0.29) is 28.1 Å². The van der Waals surface area contributed by atoms with Crippen LogP contribution in [-0.4, -0.2) is 17.0 Å². The van der Waals surface area contributed by atoms with Crippen LogP contribution in [0, 0.1) is 34.0 Å². The molecule has 0 spiro atoms. The fraction of sp³-hybridized carbons (Fsp3) is 0.850. The Morgan fingerprint density at radius 2 is 1.86 bits per heavy atom. The summed E-state index contributed by atoms with van der Waals surface area (Å²) in [7, 11) is 0. The summed E-state index contributed by atoms with van der Waals surface area (Å²) in [6.45, 7) is 13.1. The van der Waals surface area contributed by atoms with Crippen molar-refractivity contribution in [1.82, 2.24) is 0 Å². The van der Waals surface area contributed by atoms with Gasteiger partial charge in [0, 0.05) is 17.8 Å². The lowest BCUT2D eigenvalue weighted by Gasteiger charge is -2.60. The van der Waals surface area contributed by atoms with E-state index in [2.05, 4.69) is 34.3 Å². The zero-order valence-corrected chi connectivity index (χ0v) is 14.7. The molecule has 7 atom stereocenters. The molecule has 0 heterocycles. The van der Waals surface area contributed by atoms with E-state index >= 15 is 0 Å². The average Bonchev–Trinajstić information content (AvgIpc) is 2.86. The molecule has 0 aromatic carbocycles. The number of carbonyl (C=O) groups excluding carboxylic acids is 1. The summed E-state index contributed by atoms with van der Waals surface area (Å²) in [4.78, 5) is 12.8. The fourth-order valence-electron chi connectivity index (χ4n) is 6.26. The van der Waals surface area contributed by atoms with E-state index < -0.39 is 6.10 Å². The Hall–Kier alpha value is -0.630. The number of carbonyl (C=O) groups is 1. The quantitative estimate of drug-likeness (QED) is 0.730. The highest BCUT2D eigenvalue weighted by molar-refractivity contribution is 5.85. The van der Waals surface area contributed by atoms with Gasteiger partial charge in [-0.15, -0.1) is 6.58 Å². The summed E-state index contributed by atoms with van der Waals surface area (Å²) in [6.07, 6.45) is 7.52. The van der Waals surface area contributed by atoms with Gasteiger partial charge in [-0.05, 0) is 54.8 Å². The van der Waals surface area contributed by atoms with Gasteiger partial charge in [-0.1, -0.05) is 33.8 Å². The summed E-state index contributed by atoms with van der Waals surface area (Å²) < 4.78 is 0. The summed E-state index contributed by atoms with van der Waals surface area (Å²) in [5.41, 5.74) is -0.131. The van der Waals surface area contributed by atoms with Crippen LogP contribution in [0.25, 0.3) is 0 Å². The fourth-order valence-corrected chi connectivity index (χ4v) is 6.26. The Kier molecular flexibility index (Phi) is 3.64. The molecule has 0 aromatic heterocycles. The first-order chi connectivity index (χ1) is 10.2. The third kappa shape index (κ3) is 1.85. The van der Waals surface area contributed by atoms with Gasteiger partial charge in [0.25, 0.3) is 0 Å². The molecule has 124 valence electrons. The highest BCUT2D eigenvalue weighted by Crippen LogP contribution is 2.67. The Morgan fingerprint density at radius 1 is 1.18 bits per heavy atom. The minimum absolute atomic E-state index is 0.0163. The van der Waals surface area contributed by atoms with Crippen LogP contribution >= 0.6 is 0 Å². The molecule has 0 amide bonds. The summed E-state index contributed by atoms with van der Waals surface area (Å²) in [5, 5.41) is 11.1. The van der Waals surface area contributed by atoms with Crippen molar-refractivity contribution in [3.63, 3.8) is 0 Å². The average molecular weight is 304 g/mol. The van der Waals surface area contributed by atoms with Gasteiger partial charge in [-0.3, -0.25) is 4.79 Å². The van der Waals surface area contributed by atoms with E-state index in [4.69, 9.17) is 0 Å². The third-order valence-electron chi connectivity index (χ3n) is 8.29. The lowest BCUT2D eigenvalue weighted by atomic mass is 9.44. The van der Waals surface area contributed by atoms with Crippen LogP contribution in [0.2, 0.25) is 0 Å². The molecular weight excluding hydrogens is 272 g/mol. The summed E-state index contributed by atoms with van der Waals surface area (Å²) in [5.74, 6) is 1.38. The maximum atomic E-state index is 12.8. The number of hydrogen-bond donors (Lipinski definition) is 1. The Morgan fingerprint density at radius 3 is 2.50 bits per heavy atom. The van der Waals surface area contributed by atoms with E-state index in [1.165, 1.54) is 6.42 Å². The SMILES string of the molecule is C=C[C@]1(C)CC[C@]2(C)C(C)CC[C@]3(CCC(=O)C23)[C@@H](C)[C@@H]1O. The lowest BCUT2D eigenvalue weighted by Crippen LogP contribution is -2.57. The maximum absolute atomic E-state index is 12.8. The smallest absolute Gasteiger partial charge is 0.137 e. The molecule has 3 fully saturated rings. The zero-order valence-electron chi connectivity index (χ0n) is 14.7. The van der Waals surface area contributed by atoms with Crippen LogP contribution in [0.3, 0.4) is 0 Å². The van der Waals surface area contributed by atoms with Crippen LogP contribution in [0.4, 0.5) is 0 Å². The molecule has 22 heavy (non-hydrogen) atoms. The molecule has 2 nitrogen and oxygen atoms in total. The van der Waals surface area contributed by atoms with E-state index in [0.717, 1.165) is 32.1 Å². The number of aliphatic hydroxyl groups excluding tert-OH is 1. The van der Waals surface area contributed by atoms with Crippen LogP contribution in [0.5, 0.6) is 0 Å². The Balaban J connectivity index is 2.15. The third-order valence-corrected chi connectivity index (χ3v) is 8.29. The maximum Gasteiger partial charge on any atom is 0.137 e. The number of aliphatic hydroxyl groups is 1. The normalized spacial score (nSPS) is 55.2. The van der Waals surface area contributed by atoms with Crippen molar-refractivity contribution in [2.24, 2.45) is 34.0 Å². The van der Waals surface area contributed by atoms with Crippen molar-refractivity contribution in [2.45, 2.75) is 72.3 Å². The Bertz CT molecular complexity index is 498. The second-order valence-corrected chi connectivity index (χ2v) is 9.02. The van der Waals surface area contributed by atoms with Crippen molar-refractivity contribution in [3.05, 3.63) is 12.7 Å². The zero-order chi connectivity index (χ0) is 16.3. The molecular formula is C20H32O2. The van der Waals surface area contributed by atoms with Gasteiger partial charge in [-0.25, -0.2) is 0 Å². The Labute approximate surface area is 135 Å². The van der Waals surface area contributed by atoms with Gasteiger partial charge in [0.15, 0.2) is 0 Å². The van der Waals surface area contributed by atoms with Crippen LogP contribution in [0.15, 0.2) is 12.7 Å². The van der Waals surface area contributed by atoms with Crippen molar-refractivity contribution in [1.29, 1.82) is 0 Å². The predicted molar refractivity (Wildman–Crippen MR) is 89.4 cm³/mol. The minimum atomic E-state index is -0.392. The number of hydrogen-bond acceptors (Lipinski definition) is 2. The largest absolute Gasteiger partial charge is 0.392 e. The molecule has 3 saturated carbocycles. The van der Waals surface area contributed by atoms with E-state index in [1.54, 1.807) is 0 Å². The van der Waals surface area contributed by atoms with Gasteiger partial charge in [0.1, 0.15) is 5.78 Å². The first kappa shape index (κ1) is 16.2. The van der Waals surface area contributed by atoms with Gasteiger partial charge in [0.2, 0.25) is 0 Å². The number of Topliss-reactive ketones (excluding diaryl/α,β-unsaturated/α-hetero) is 1. The number of ketones is 1. The topological polar surface area (TPSA) is 37.3 Å². The van der Waals surface area contributed by atoms with E-state index in [9.17, 15) is 9.90 Å². The first-order valence-electron chi connectivity index (χ1n) is 9.06. The second-order valence-electron chi connectivity index (χ2n) is 9.02. The lowest BCUT2D eigenvalue weighted by molar-refractivity contribution is -0.158. The highest BCUT2D eigenvalue weighted by Gasteiger charge is 2.64. The number of rotatable bonds is 1. The van der Waals surface area contributed by atoms with Crippen molar-refractivity contribution >= 4 is 5.78 Å². The molecule has 0 saturated heterocycles. The van der Waals surface area contributed by atoms with Gasteiger partial charge in [0.05, 0.1) is 6.10 Å².